The van der Waals surface area contributed by atoms with Gasteiger partial charge in [0.15, 0.2) is 0 Å². The van der Waals surface area contributed by atoms with Crippen molar-refractivity contribution in [3.63, 3.8) is 0 Å². The molecule has 0 heterocycles. The number of rotatable bonds is 4. The van der Waals surface area contributed by atoms with Crippen LogP contribution < -0.4 is 0 Å². The Balaban J connectivity index is 3.11. The van der Waals surface area contributed by atoms with E-state index in [4.69, 9.17) is 16.3 Å². The topological polar surface area (TPSA) is 26.3 Å². The van der Waals surface area contributed by atoms with Gasteiger partial charge in [0.25, 0.3) is 0 Å². The third-order valence-electron chi connectivity index (χ3n) is 2.22. The molecular formula is C13H15ClO2. The first kappa shape index (κ1) is 12.8. The number of hydrogen-bond donors (Lipinski definition) is 0. The van der Waals surface area contributed by atoms with Gasteiger partial charge in [-0.2, -0.15) is 0 Å². The minimum atomic E-state index is -0.351. The van der Waals surface area contributed by atoms with Crippen molar-refractivity contribution in [2.24, 2.45) is 0 Å². The van der Waals surface area contributed by atoms with Crippen LogP contribution in [0.3, 0.4) is 0 Å². The van der Waals surface area contributed by atoms with Crippen molar-refractivity contribution in [1.82, 2.24) is 0 Å². The van der Waals surface area contributed by atoms with Crippen molar-refractivity contribution >= 4 is 22.6 Å². The van der Waals surface area contributed by atoms with Gasteiger partial charge in [0, 0.05) is 0 Å². The Bertz CT molecular complexity index is 382. The monoisotopic (exact) mass is 238 g/mol. The van der Waals surface area contributed by atoms with Crippen LogP contribution in [-0.4, -0.2) is 13.1 Å². The van der Waals surface area contributed by atoms with E-state index in [1.807, 2.05) is 37.3 Å². The SMILES string of the molecule is CCCC(C(=O)OC)=C(Cl)c1ccccc1. The van der Waals surface area contributed by atoms with E-state index in [1.165, 1.54) is 7.11 Å². The molecule has 1 rings (SSSR count). The Morgan fingerprint density at radius 3 is 2.44 bits per heavy atom. The van der Waals surface area contributed by atoms with Crippen molar-refractivity contribution in [3.8, 4) is 0 Å². The molecule has 2 nitrogen and oxygen atoms in total. The van der Waals surface area contributed by atoms with Gasteiger partial charge in [-0.25, -0.2) is 4.79 Å². The highest BCUT2D eigenvalue weighted by Crippen LogP contribution is 2.26. The van der Waals surface area contributed by atoms with Crippen molar-refractivity contribution in [2.45, 2.75) is 19.8 Å². The van der Waals surface area contributed by atoms with Gasteiger partial charge < -0.3 is 4.74 Å². The average Bonchev–Trinajstić information content (AvgIpc) is 2.35. The summed E-state index contributed by atoms with van der Waals surface area (Å²) in [5.74, 6) is -0.351. The molecule has 0 unspecified atom stereocenters. The van der Waals surface area contributed by atoms with Crippen molar-refractivity contribution in [1.29, 1.82) is 0 Å². The van der Waals surface area contributed by atoms with Crippen LogP contribution in [-0.2, 0) is 9.53 Å². The maximum atomic E-state index is 11.6. The Hall–Kier alpha value is -1.28. The molecule has 0 N–H and O–H groups in total. The highest BCUT2D eigenvalue weighted by atomic mass is 35.5. The second kappa shape index (κ2) is 6.33. The molecule has 0 saturated carbocycles. The molecule has 0 spiro atoms. The second-order valence-corrected chi connectivity index (χ2v) is 3.78. The summed E-state index contributed by atoms with van der Waals surface area (Å²) in [7, 11) is 1.37. The van der Waals surface area contributed by atoms with Crippen LogP contribution in [0.15, 0.2) is 35.9 Å². The summed E-state index contributed by atoms with van der Waals surface area (Å²) < 4.78 is 4.73. The molecule has 0 amide bonds. The fraction of sp³-hybridized carbons (Fsp3) is 0.308. The summed E-state index contributed by atoms with van der Waals surface area (Å²) in [6.45, 7) is 2.00. The van der Waals surface area contributed by atoms with Crippen LogP contribution in [0.4, 0.5) is 0 Å². The normalized spacial score (nSPS) is 11.9. The smallest absolute Gasteiger partial charge is 0.335 e. The van der Waals surface area contributed by atoms with E-state index in [9.17, 15) is 4.79 Å². The number of ether oxygens (including phenoxy) is 1. The molecule has 0 aliphatic rings. The van der Waals surface area contributed by atoms with Crippen LogP contribution in [0.1, 0.15) is 25.3 Å². The highest BCUT2D eigenvalue weighted by Gasteiger charge is 2.14. The summed E-state index contributed by atoms with van der Waals surface area (Å²) in [6.07, 6.45) is 1.48. The van der Waals surface area contributed by atoms with E-state index >= 15 is 0 Å². The Labute approximate surface area is 101 Å². The lowest BCUT2D eigenvalue weighted by Crippen LogP contribution is -2.06. The summed E-state index contributed by atoms with van der Waals surface area (Å²) in [6, 6.07) is 9.43. The summed E-state index contributed by atoms with van der Waals surface area (Å²) in [4.78, 5) is 11.6. The molecule has 0 fully saturated rings. The zero-order valence-corrected chi connectivity index (χ0v) is 10.3. The van der Waals surface area contributed by atoms with E-state index in [2.05, 4.69) is 0 Å². The summed E-state index contributed by atoms with van der Waals surface area (Å²) >= 11 is 6.20. The van der Waals surface area contributed by atoms with Crippen LogP contribution >= 0.6 is 11.6 Å². The Morgan fingerprint density at radius 1 is 1.31 bits per heavy atom. The van der Waals surface area contributed by atoms with Crippen LogP contribution in [0.5, 0.6) is 0 Å². The van der Waals surface area contributed by atoms with Crippen molar-refractivity contribution < 1.29 is 9.53 Å². The number of halogens is 1. The number of benzene rings is 1. The van der Waals surface area contributed by atoms with E-state index < -0.39 is 0 Å². The van der Waals surface area contributed by atoms with E-state index in [1.54, 1.807) is 0 Å². The van der Waals surface area contributed by atoms with Gasteiger partial charge in [-0.05, 0) is 12.0 Å². The lowest BCUT2D eigenvalue weighted by molar-refractivity contribution is -0.136. The zero-order valence-electron chi connectivity index (χ0n) is 9.50. The Kier molecular flexibility index (Phi) is 5.06. The standard InChI is InChI=1S/C13H15ClO2/c1-3-7-11(13(15)16-2)12(14)10-8-5-4-6-9-10/h4-6,8-9H,3,7H2,1-2H3. The number of hydrogen-bond acceptors (Lipinski definition) is 2. The number of methoxy groups -OCH3 is 1. The van der Waals surface area contributed by atoms with Crippen LogP contribution in [0.25, 0.3) is 5.03 Å². The lowest BCUT2D eigenvalue weighted by atomic mass is 10.1. The van der Waals surface area contributed by atoms with Gasteiger partial charge in [-0.3, -0.25) is 0 Å². The number of carbonyl (C=O) groups excluding carboxylic acids is 1. The van der Waals surface area contributed by atoms with Crippen LogP contribution in [0, 0.1) is 0 Å². The van der Waals surface area contributed by atoms with E-state index in [0.29, 0.717) is 17.0 Å². The molecule has 1 aromatic rings. The van der Waals surface area contributed by atoms with Crippen LogP contribution in [0.2, 0.25) is 0 Å². The molecule has 86 valence electrons. The van der Waals surface area contributed by atoms with Gasteiger partial charge in [-0.1, -0.05) is 55.3 Å². The van der Waals surface area contributed by atoms with Gasteiger partial charge >= 0.3 is 5.97 Å². The molecular weight excluding hydrogens is 224 g/mol. The molecule has 0 aliphatic carbocycles. The molecule has 1 aromatic carbocycles. The molecule has 0 aromatic heterocycles. The van der Waals surface area contributed by atoms with E-state index in [0.717, 1.165) is 12.0 Å². The fourth-order valence-corrected chi connectivity index (χ4v) is 1.73. The van der Waals surface area contributed by atoms with Crippen molar-refractivity contribution in [2.75, 3.05) is 7.11 Å². The molecule has 0 radical (unpaired) electrons. The van der Waals surface area contributed by atoms with E-state index in [-0.39, 0.29) is 5.97 Å². The van der Waals surface area contributed by atoms with Gasteiger partial charge in [-0.15, -0.1) is 0 Å². The molecule has 0 aliphatic heterocycles. The van der Waals surface area contributed by atoms with Gasteiger partial charge in [0.1, 0.15) is 0 Å². The first-order chi connectivity index (χ1) is 7.70. The average molecular weight is 239 g/mol. The van der Waals surface area contributed by atoms with Gasteiger partial charge in [0.05, 0.1) is 17.7 Å². The van der Waals surface area contributed by atoms with Gasteiger partial charge in [0.2, 0.25) is 0 Å². The molecule has 16 heavy (non-hydrogen) atoms. The maximum Gasteiger partial charge on any atom is 0.335 e. The first-order valence-electron chi connectivity index (χ1n) is 5.23. The molecule has 0 saturated heterocycles. The third-order valence-corrected chi connectivity index (χ3v) is 2.67. The minimum Gasteiger partial charge on any atom is -0.466 e. The maximum absolute atomic E-state index is 11.6. The number of carbonyl (C=O) groups is 1. The first-order valence-corrected chi connectivity index (χ1v) is 5.60. The summed E-state index contributed by atoms with van der Waals surface area (Å²) in [5.41, 5.74) is 1.39. The number of esters is 1. The quantitative estimate of drug-likeness (QED) is 0.592. The minimum absolute atomic E-state index is 0.351. The predicted octanol–water partition coefficient (Wildman–Crippen LogP) is 3.61. The molecule has 0 bridgehead atoms. The summed E-state index contributed by atoms with van der Waals surface area (Å²) in [5, 5.41) is 0.481. The van der Waals surface area contributed by atoms with Crippen molar-refractivity contribution in [3.05, 3.63) is 41.5 Å². The highest BCUT2D eigenvalue weighted by molar-refractivity contribution is 6.50. The predicted molar refractivity (Wildman–Crippen MR) is 66.1 cm³/mol. The molecule has 0 atom stereocenters. The Morgan fingerprint density at radius 2 is 1.94 bits per heavy atom. The third kappa shape index (κ3) is 3.11. The lowest BCUT2D eigenvalue weighted by Gasteiger charge is -2.07. The second-order valence-electron chi connectivity index (χ2n) is 3.40. The largest absolute Gasteiger partial charge is 0.466 e. The molecule has 3 heteroatoms. The zero-order chi connectivity index (χ0) is 12.0. The fourth-order valence-electron chi connectivity index (χ4n) is 1.43.